The minimum absolute atomic E-state index is 0. The third-order valence-electron chi connectivity index (χ3n) is 3.22. The molecule has 0 aromatic heterocycles. The highest BCUT2D eigenvalue weighted by Crippen LogP contribution is 2.25. The largest absolute Gasteiger partial charge is 0.338 e. The number of carbonyl (C=O) groups is 1. The summed E-state index contributed by atoms with van der Waals surface area (Å²) < 4.78 is 0.876. The molecule has 1 aromatic carbocycles. The highest BCUT2D eigenvalue weighted by Gasteiger charge is 2.27. The Kier molecular flexibility index (Phi) is 6.60. The predicted octanol–water partition coefficient (Wildman–Crippen LogP) is 3.21. The number of rotatable bonds is 3. The fourth-order valence-corrected chi connectivity index (χ4v) is 2.86. The Morgan fingerprint density at radius 1 is 1.58 bits per heavy atom. The number of amides is 1. The summed E-state index contributed by atoms with van der Waals surface area (Å²) in [5.74, 6) is 0.574. The van der Waals surface area contributed by atoms with Crippen molar-refractivity contribution < 1.29 is 4.79 Å². The Labute approximate surface area is 133 Å². The van der Waals surface area contributed by atoms with E-state index in [0.29, 0.717) is 16.5 Å². The number of nitrogens with zero attached hydrogens (tertiary/aromatic N) is 1. The number of carbonyl (C=O) groups excluding carboxylic acids is 1. The van der Waals surface area contributed by atoms with E-state index in [0.717, 1.165) is 30.5 Å². The van der Waals surface area contributed by atoms with Crippen molar-refractivity contribution in [1.29, 1.82) is 0 Å². The van der Waals surface area contributed by atoms with Crippen LogP contribution in [0.2, 0.25) is 5.02 Å². The molecule has 6 heteroatoms. The van der Waals surface area contributed by atoms with Crippen molar-refractivity contribution >= 4 is 45.8 Å². The predicted molar refractivity (Wildman–Crippen MR) is 84.3 cm³/mol. The van der Waals surface area contributed by atoms with Gasteiger partial charge in [-0.3, -0.25) is 4.79 Å². The van der Waals surface area contributed by atoms with Crippen LogP contribution in [0.5, 0.6) is 0 Å². The lowest BCUT2D eigenvalue weighted by Gasteiger charge is -2.17. The highest BCUT2D eigenvalue weighted by molar-refractivity contribution is 9.10. The molecule has 1 amide bonds. The molecular formula is C13H17BrCl2N2O. The van der Waals surface area contributed by atoms with Gasteiger partial charge in [0.2, 0.25) is 0 Å². The summed E-state index contributed by atoms with van der Waals surface area (Å²) in [6, 6.07) is 5.38. The lowest BCUT2D eigenvalue weighted by atomic mass is 10.1. The summed E-state index contributed by atoms with van der Waals surface area (Å²) >= 11 is 9.46. The van der Waals surface area contributed by atoms with Crippen LogP contribution < -0.4 is 5.32 Å². The van der Waals surface area contributed by atoms with Crippen LogP contribution in [0.3, 0.4) is 0 Å². The maximum Gasteiger partial charge on any atom is 0.255 e. The van der Waals surface area contributed by atoms with Crippen molar-refractivity contribution in [1.82, 2.24) is 10.2 Å². The molecule has 0 radical (unpaired) electrons. The van der Waals surface area contributed by atoms with Gasteiger partial charge in [-0.05, 0) is 44.1 Å². The van der Waals surface area contributed by atoms with Gasteiger partial charge in [0.05, 0.1) is 10.6 Å². The molecule has 1 N–H and O–H groups in total. The number of likely N-dealkylation sites (tertiary alicyclic amines) is 1. The first-order valence-corrected chi connectivity index (χ1v) is 7.18. The number of halogens is 3. The molecule has 1 heterocycles. The van der Waals surface area contributed by atoms with E-state index in [4.69, 9.17) is 11.6 Å². The van der Waals surface area contributed by atoms with E-state index in [-0.39, 0.29) is 18.3 Å². The van der Waals surface area contributed by atoms with Crippen LogP contribution in [0.1, 0.15) is 16.8 Å². The zero-order valence-corrected chi connectivity index (χ0v) is 13.8. The van der Waals surface area contributed by atoms with Crippen LogP contribution in [-0.4, -0.2) is 37.5 Å². The van der Waals surface area contributed by atoms with E-state index in [9.17, 15) is 4.79 Å². The molecule has 19 heavy (non-hydrogen) atoms. The molecule has 0 spiro atoms. The van der Waals surface area contributed by atoms with Gasteiger partial charge in [0, 0.05) is 17.6 Å². The summed E-state index contributed by atoms with van der Waals surface area (Å²) in [4.78, 5) is 14.3. The zero-order valence-electron chi connectivity index (χ0n) is 10.7. The molecule has 1 atom stereocenters. The van der Waals surface area contributed by atoms with E-state index in [1.54, 1.807) is 12.1 Å². The van der Waals surface area contributed by atoms with Crippen molar-refractivity contribution in [3.05, 3.63) is 33.3 Å². The molecule has 1 unspecified atom stereocenters. The third-order valence-corrected chi connectivity index (χ3v) is 4.05. The molecule has 1 aliphatic heterocycles. The van der Waals surface area contributed by atoms with Gasteiger partial charge in [0.15, 0.2) is 0 Å². The second-order valence-electron chi connectivity index (χ2n) is 4.59. The van der Waals surface area contributed by atoms with Crippen LogP contribution in [0.25, 0.3) is 0 Å². The molecule has 0 bridgehead atoms. The molecule has 1 saturated heterocycles. The van der Waals surface area contributed by atoms with Gasteiger partial charge in [-0.2, -0.15) is 0 Å². The average molecular weight is 368 g/mol. The first-order chi connectivity index (χ1) is 8.61. The molecule has 0 aliphatic carbocycles. The van der Waals surface area contributed by atoms with E-state index < -0.39 is 0 Å². The molecule has 2 rings (SSSR count). The summed E-state index contributed by atoms with van der Waals surface area (Å²) in [5.41, 5.74) is 0.580. The second-order valence-corrected chi connectivity index (χ2v) is 5.91. The van der Waals surface area contributed by atoms with Gasteiger partial charge >= 0.3 is 0 Å². The second kappa shape index (κ2) is 7.48. The number of hydrogen-bond acceptors (Lipinski definition) is 2. The maximum absolute atomic E-state index is 12.4. The van der Waals surface area contributed by atoms with Crippen LogP contribution in [0, 0.1) is 5.92 Å². The van der Waals surface area contributed by atoms with Crippen molar-refractivity contribution in [3.63, 3.8) is 0 Å². The van der Waals surface area contributed by atoms with E-state index in [2.05, 4.69) is 21.2 Å². The minimum Gasteiger partial charge on any atom is -0.338 e. The van der Waals surface area contributed by atoms with Crippen LogP contribution in [-0.2, 0) is 0 Å². The van der Waals surface area contributed by atoms with Gasteiger partial charge < -0.3 is 10.2 Å². The number of hydrogen-bond donors (Lipinski definition) is 1. The normalized spacial score (nSPS) is 18.3. The fourth-order valence-electron chi connectivity index (χ4n) is 2.30. The van der Waals surface area contributed by atoms with Crippen LogP contribution in [0.4, 0.5) is 0 Å². The molecule has 0 saturated carbocycles. The number of benzene rings is 1. The van der Waals surface area contributed by atoms with Crippen LogP contribution in [0.15, 0.2) is 22.7 Å². The number of nitrogens with one attached hydrogen (secondary N) is 1. The topological polar surface area (TPSA) is 32.3 Å². The van der Waals surface area contributed by atoms with Crippen molar-refractivity contribution in [3.8, 4) is 0 Å². The fraction of sp³-hybridized carbons (Fsp3) is 0.462. The summed E-state index contributed by atoms with van der Waals surface area (Å²) in [6.45, 7) is 2.58. The van der Waals surface area contributed by atoms with Gasteiger partial charge in [-0.25, -0.2) is 0 Å². The Bertz CT molecular complexity index is 456. The van der Waals surface area contributed by atoms with Gasteiger partial charge in [0.25, 0.3) is 5.91 Å². The summed E-state index contributed by atoms with van der Waals surface area (Å²) in [6.07, 6.45) is 1.05. The Morgan fingerprint density at radius 2 is 2.32 bits per heavy atom. The lowest BCUT2D eigenvalue weighted by Crippen LogP contribution is -2.30. The van der Waals surface area contributed by atoms with E-state index >= 15 is 0 Å². The standard InChI is InChI=1S/C13H16BrClN2O.ClH/c1-16-7-9-4-5-17(8-9)13(18)11-6-10(14)2-3-12(11)15;/h2-3,6,9,16H,4-5,7-8H2,1H3;1H. The summed E-state index contributed by atoms with van der Waals surface area (Å²) in [5, 5.41) is 3.67. The van der Waals surface area contributed by atoms with Crippen LogP contribution >= 0.6 is 39.9 Å². The van der Waals surface area contributed by atoms with Gasteiger partial charge in [0.1, 0.15) is 0 Å². The molecule has 1 aromatic rings. The monoisotopic (exact) mass is 366 g/mol. The van der Waals surface area contributed by atoms with Gasteiger partial charge in [-0.15, -0.1) is 12.4 Å². The Hall–Kier alpha value is -0.290. The molecule has 106 valence electrons. The summed E-state index contributed by atoms with van der Waals surface area (Å²) in [7, 11) is 1.94. The highest BCUT2D eigenvalue weighted by atomic mass is 79.9. The smallest absolute Gasteiger partial charge is 0.255 e. The van der Waals surface area contributed by atoms with Gasteiger partial charge in [-0.1, -0.05) is 27.5 Å². The van der Waals surface area contributed by atoms with Crippen molar-refractivity contribution in [2.24, 2.45) is 5.92 Å². The quantitative estimate of drug-likeness (QED) is 0.889. The average Bonchev–Trinajstić information content (AvgIpc) is 2.80. The Balaban J connectivity index is 0.00000180. The molecule has 1 fully saturated rings. The van der Waals surface area contributed by atoms with E-state index in [1.165, 1.54) is 0 Å². The zero-order chi connectivity index (χ0) is 13.1. The maximum atomic E-state index is 12.4. The van der Waals surface area contributed by atoms with E-state index in [1.807, 2.05) is 18.0 Å². The molecule has 1 aliphatic rings. The first-order valence-electron chi connectivity index (χ1n) is 6.00. The first kappa shape index (κ1) is 16.8. The molecular weight excluding hydrogens is 351 g/mol. The van der Waals surface area contributed by atoms with Crippen molar-refractivity contribution in [2.45, 2.75) is 6.42 Å². The third kappa shape index (κ3) is 4.09. The van der Waals surface area contributed by atoms with Crippen molar-refractivity contribution in [2.75, 3.05) is 26.7 Å². The lowest BCUT2D eigenvalue weighted by molar-refractivity contribution is 0.0787. The molecule has 3 nitrogen and oxygen atoms in total. The minimum atomic E-state index is 0. The Morgan fingerprint density at radius 3 is 3.00 bits per heavy atom. The SMILES string of the molecule is CNCC1CCN(C(=O)c2cc(Br)ccc2Cl)C1.Cl.